The quantitative estimate of drug-likeness (QED) is 0.0494. The number of phosphoric acid groups is 3. The molecule has 7 N–H and O–H groups in total. The first-order valence-corrected chi connectivity index (χ1v) is 21.9. The molecule has 29 heteroatoms. The molecule has 0 aromatic carbocycles. The first-order valence-electron chi connectivity index (χ1n) is 16.5. The van der Waals surface area contributed by atoms with Gasteiger partial charge >= 0.3 is 0 Å². The highest BCUT2D eigenvalue weighted by Crippen LogP contribution is 2.56. The number of carbonyl (C=O) groups excluding carboxylic acids is 3. The van der Waals surface area contributed by atoms with Gasteiger partial charge in [-0.1, -0.05) is 39.5 Å². The van der Waals surface area contributed by atoms with E-state index in [9.17, 15) is 63.0 Å². The van der Waals surface area contributed by atoms with Crippen molar-refractivity contribution < 1.29 is 85.6 Å². The molecule has 8 atom stereocenters. The number of nitrogen functional groups attached to an aromatic ring is 1. The molecule has 56 heavy (non-hydrogen) atoms. The van der Waals surface area contributed by atoms with Gasteiger partial charge in [-0.3, -0.25) is 28.1 Å². The minimum Gasteiger partial charge on any atom is -0.790 e. The minimum absolute atomic E-state index is 0.0264. The zero-order chi connectivity index (χ0) is 42.2. The van der Waals surface area contributed by atoms with Gasteiger partial charge in [0.1, 0.15) is 42.4 Å². The van der Waals surface area contributed by atoms with Gasteiger partial charge in [-0.15, -0.1) is 0 Å². The van der Waals surface area contributed by atoms with Crippen molar-refractivity contribution in [3.05, 3.63) is 12.7 Å². The van der Waals surface area contributed by atoms with E-state index in [1.54, 1.807) is 0 Å². The molecule has 3 heterocycles. The van der Waals surface area contributed by atoms with Crippen molar-refractivity contribution in [2.45, 2.75) is 77.3 Å². The normalized spacial score (nSPS) is 22.4. The fourth-order valence-corrected chi connectivity index (χ4v) is 8.33. The highest BCUT2D eigenvalue weighted by molar-refractivity contribution is 8.13. The number of anilines is 1. The number of fused-ring (bicyclic) bond motifs is 1. The summed E-state index contributed by atoms with van der Waals surface area (Å²) in [7, 11) is -17.6. The number of rotatable bonds is 22. The van der Waals surface area contributed by atoms with Crippen LogP contribution in [0.1, 0.15) is 46.8 Å². The average Bonchev–Trinajstić information content (AvgIpc) is 3.64. The number of thioether (sulfide) groups is 1. The monoisotopic (exact) mass is 877 g/mol. The molecule has 318 valence electrons. The number of aliphatic hydroxyl groups excluding tert-OH is 3. The van der Waals surface area contributed by atoms with Crippen LogP contribution >= 0.6 is 35.2 Å². The molecule has 0 spiro atoms. The summed E-state index contributed by atoms with van der Waals surface area (Å²) in [5, 5.41) is 35.5. The maximum absolute atomic E-state index is 12.5. The van der Waals surface area contributed by atoms with E-state index in [1.807, 2.05) is 13.8 Å². The second kappa shape index (κ2) is 20.0. The average molecular weight is 878 g/mol. The van der Waals surface area contributed by atoms with Gasteiger partial charge in [0.2, 0.25) is 16.9 Å². The zero-order valence-corrected chi connectivity index (χ0v) is 33.7. The molecule has 2 unspecified atom stereocenters. The van der Waals surface area contributed by atoms with Gasteiger partial charge in [-0.05, 0) is 12.3 Å². The number of hydrogen-bond donors (Lipinski definition) is 6. The van der Waals surface area contributed by atoms with E-state index in [1.165, 1.54) is 13.8 Å². The van der Waals surface area contributed by atoms with Crippen LogP contribution in [-0.2, 0) is 50.7 Å². The Balaban J connectivity index is 1.49. The maximum atomic E-state index is 12.5. The van der Waals surface area contributed by atoms with Gasteiger partial charge in [-0.25, -0.2) is 19.3 Å². The molecule has 0 bridgehead atoms. The standard InChI is InChI=1S/C27H46N7O18P3S/c1-14(2)9-15(35)26(40)56-8-7-29-17(36)5-6-30-24(39)21(38)27(3,4)11-49-55(46,47)52-54(44,45)48-10-16-20(51-53(41,42)43)19(37)25(50-16)34-13-33-18-22(28)31-12-32-23(18)34/h12-16,19-21,25,35,37-38H,5-11H2,1-4H3,(H,29,36)(H,30,39)(H,44,45)(H,46,47)(H2,28,31,32)(H2,41,42,43)/p-4/t15-,16-,19-,20-,21+,25-/m1/s1. The molecular formula is C27H42N7O18P3S-4. The molecule has 2 amide bonds. The van der Waals surface area contributed by atoms with Crippen LogP contribution < -0.4 is 35.9 Å². The fourth-order valence-electron chi connectivity index (χ4n) is 4.90. The summed E-state index contributed by atoms with van der Waals surface area (Å²) >= 11 is 0.859. The summed E-state index contributed by atoms with van der Waals surface area (Å²) in [6.45, 7) is 3.63. The summed E-state index contributed by atoms with van der Waals surface area (Å²) in [4.78, 5) is 95.8. The molecule has 25 nitrogen and oxygen atoms in total. The number of carbonyl (C=O) groups is 3. The van der Waals surface area contributed by atoms with Crippen LogP contribution in [0, 0.1) is 11.3 Å². The van der Waals surface area contributed by atoms with E-state index >= 15 is 0 Å². The predicted molar refractivity (Wildman–Crippen MR) is 184 cm³/mol. The molecule has 2 aromatic heterocycles. The third-order valence-electron chi connectivity index (χ3n) is 7.69. The van der Waals surface area contributed by atoms with E-state index in [0.717, 1.165) is 29.0 Å². The topological polar surface area (TPSA) is 395 Å². The number of aromatic nitrogens is 4. The summed E-state index contributed by atoms with van der Waals surface area (Å²) in [5.74, 6) is -1.31. The van der Waals surface area contributed by atoms with Gasteiger partial charge in [0, 0.05) is 30.7 Å². The van der Waals surface area contributed by atoms with Crippen LogP contribution in [-0.4, -0.2) is 114 Å². The Hall–Kier alpha value is -2.48. The van der Waals surface area contributed by atoms with Crippen molar-refractivity contribution in [3.63, 3.8) is 0 Å². The first kappa shape index (κ1) is 47.9. The lowest BCUT2D eigenvalue weighted by Crippen LogP contribution is -2.46. The molecule has 2 aromatic rings. The highest BCUT2D eigenvalue weighted by Gasteiger charge is 2.47. The molecule has 3 rings (SSSR count). The Labute approximate surface area is 323 Å². The van der Waals surface area contributed by atoms with Crippen molar-refractivity contribution in [1.82, 2.24) is 30.2 Å². The third kappa shape index (κ3) is 14.4. The number of imidazole rings is 1. The van der Waals surface area contributed by atoms with Crippen LogP contribution in [0.3, 0.4) is 0 Å². The van der Waals surface area contributed by atoms with Gasteiger partial charge in [0.05, 0.1) is 27.4 Å². The third-order valence-corrected chi connectivity index (χ3v) is 11.7. The Morgan fingerprint density at radius 2 is 1.71 bits per heavy atom. The van der Waals surface area contributed by atoms with Crippen molar-refractivity contribution in [2.75, 3.05) is 37.8 Å². The van der Waals surface area contributed by atoms with Crippen LogP contribution in [0.5, 0.6) is 0 Å². The lowest BCUT2D eigenvalue weighted by atomic mass is 9.87. The number of nitrogens with one attached hydrogen (secondary N) is 2. The molecule has 1 aliphatic rings. The predicted octanol–water partition coefficient (Wildman–Crippen LogP) is -3.46. The number of nitrogens with zero attached hydrogens (tertiary/aromatic N) is 4. The van der Waals surface area contributed by atoms with Crippen LogP contribution in [0.15, 0.2) is 12.7 Å². The SMILES string of the molecule is CC(C)C[C@@H](O)C(=O)SCCNC(=O)CCNC(=O)[C@H](O)C(C)(C)COP(=O)([O-])OP(=O)([O-])OC[C@H]1O[C@@H](n2cnc3c(N)ncnc32)[C@H](O)[C@@H]1OP(=O)([O-])[O-]. The van der Waals surface area contributed by atoms with Gasteiger partial charge in [-0.2, -0.15) is 0 Å². The van der Waals surface area contributed by atoms with E-state index < -0.39 is 95.8 Å². The van der Waals surface area contributed by atoms with E-state index in [-0.39, 0.29) is 48.2 Å². The van der Waals surface area contributed by atoms with E-state index in [0.29, 0.717) is 6.42 Å². The Bertz CT molecular complexity index is 1830. The van der Waals surface area contributed by atoms with E-state index in [2.05, 4.69) is 43.5 Å². The number of aliphatic hydroxyl groups is 3. The smallest absolute Gasteiger partial charge is 0.274 e. The number of amides is 2. The summed E-state index contributed by atoms with van der Waals surface area (Å²) in [5.41, 5.74) is 4.04. The minimum atomic E-state index is -5.92. The molecule has 1 fully saturated rings. The van der Waals surface area contributed by atoms with Gasteiger partial charge in [0.15, 0.2) is 17.7 Å². The van der Waals surface area contributed by atoms with Crippen molar-refractivity contribution in [1.29, 1.82) is 0 Å². The number of nitrogens with two attached hydrogens (primary N) is 1. The summed E-state index contributed by atoms with van der Waals surface area (Å²) in [6, 6.07) is 0. The Morgan fingerprint density at radius 1 is 1.05 bits per heavy atom. The zero-order valence-electron chi connectivity index (χ0n) is 30.2. The largest absolute Gasteiger partial charge is 0.790 e. The van der Waals surface area contributed by atoms with Crippen LogP contribution in [0.4, 0.5) is 5.82 Å². The summed E-state index contributed by atoms with van der Waals surface area (Å²) < 4.78 is 60.4. The van der Waals surface area contributed by atoms with Crippen molar-refractivity contribution in [2.24, 2.45) is 11.3 Å². The molecule has 1 aliphatic heterocycles. The second-order valence-corrected chi connectivity index (χ2v) is 18.5. The number of phosphoric ester groups is 3. The van der Waals surface area contributed by atoms with Crippen molar-refractivity contribution in [3.8, 4) is 0 Å². The molecule has 1 saturated heterocycles. The van der Waals surface area contributed by atoms with Crippen LogP contribution in [0.25, 0.3) is 11.2 Å². The maximum Gasteiger partial charge on any atom is 0.274 e. The van der Waals surface area contributed by atoms with Gasteiger partial charge in [0.25, 0.3) is 15.6 Å². The first-order chi connectivity index (χ1) is 25.8. The molecular weight excluding hydrogens is 835 g/mol. The molecule has 0 aliphatic carbocycles. The number of hydrogen-bond acceptors (Lipinski definition) is 23. The van der Waals surface area contributed by atoms with E-state index in [4.69, 9.17) is 10.5 Å². The summed E-state index contributed by atoms with van der Waals surface area (Å²) in [6.07, 6.45) is -8.49. The second-order valence-electron chi connectivity index (χ2n) is 13.3. The number of ether oxygens (including phenoxy) is 1. The fraction of sp³-hybridized carbons (Fsp3) is 0.704. The molecule has 0 radical (unpaired) electrons. The van der Waals surface area contributed by atoms with Crippen LogP contribution in [0.2, 0.25) is 0 Å². The van der Waals surface area contributed by atoms with Gasteiger partial charge < -0.3 is 74.1 Å². The lowest BCUT2D eigenvalue weighted by Gasteiger charge is -2.36. The molecule has 0 saturated carbocycles. The lowest BCUT2D eigenvalue weighted by molar-refractivity contribution is -0.347. The Kier molecular flexibility index (Phi) is 17.1. The van der Waals surface area contributed by atoms with Crippen molar-refractivity contribution >= 4 is 69.1 Å². The Morgan fingerprint density at radius 3 is 2.36 bits per heavy atom. The highest BCUT2D eigenvalue weighted by atomic mass is 32.2.